The molecule has 1 heterocycles. The third-order valence-corrected chi connectivity index (χ3v) is 3.55. The van der Waals surface area contributed by atoms with Crippen LogP contribution in [0.5, 0.6) is 0 Å². The van der Waals surface area contributed by atoms with Crippen molar-refractivity contribution in [1.82, 2.24) is 10.2 Å². The molecule has 0 radical (unpaired) electrons. The molecule has 5 nitrogen and oxygen atoms in total. The highest BCUT2D eigenvalue weighted by molar-refractivity contribution is 5.93. The van der Waals surface area contributed by atoms with E-state index in [4.69, 9.17) is 4.74 Å². The van der Waals surface area contributed by atoms with Crippen LogP contribution in [0.2, 0.25) is 0 Å². The first-order valence-corrected chi connectivity index (χ1v) is 6.73. The van der Waals surface area contributed by atoms with E-state index in [1.165, 1.54) is 0 Å². The molecule has 1 aliphatic rings. The maximum Gasteiger partial charge on any atom is 0.323 e. The van der Waals surface area contributed by atoms with Gasteiger partial charge >= 0.3 is 5.97 Å². The van der Waals surface area contributed by atoms with Crippen LogP contribution in [-0.4, -0.2) is 43.0 Å². The minimum absolute atomic E-state index is 0.00873. The Bertz CT molecular complexity index is 498. The molecule has 2 rings (SSSR count). The van der Waals surface area contributed by atoms with Gasteiger partial charge in [-0.2, -0.15) is 0 Å². The molecule has 0 spiro atoms. The second-order valence-electron chi connectivity index (χ2n) is 5.19. The summed E-state index contributed by atoms with van der Waals surface area (Å²) in [5.74, 6) is -0.250. The van der Waals surface area contributed by atoms with Gasteiger partial charge in [-0.05, 0) is 31.7 Å². The molecule has 0 saturated carbocycles. The number of rotatable bonds is 4. The van der Waals surface area contributed by atoms with E-state index >= 15 is 0 Å². The van der Waals surface area contributed by atoms with E-state index in [-0.39, 0.29) is 24.0 Å². The predicted molar refractivity (Wildman–Crippen MR) is 75.3 cm³/mol. The van der Waals surface area contributed by atoms with Gasteiger partial charge in [0.05, 0.1) is 0 Å². The van der Waals surface area contributed by atoms with Crippen molar-refractivity contribution in [3.8, 4) is 0 Å². The molecule has 1 fully saturated rings. The van der Waals surface area contributed by atoms with Gasteiger partial charge in [-0.1, -0.05) is 12.1 Å². The van der Waals surface area contributed by atoms with Gasteiger partial charge in [0, 0.05) is 25.6 Å². The van der Waals surface area contributed by atoms with E-state index in [9.17, 15) is 9.59 Å². The van der Waals surface area contributed by atoms with Crippen molar-refractivity contribution in [3.05, 3.63) is 35.4 Å². The number of ether oxygens (including phenoxy) is 1. The summed E-state index contributed by atoms with van der Waals surface area (Å²) in [5, 5.41) is 2.59. The summed E-state index contributed by atoms with van der Waals surface area (Å²) < 4.78 is 5.16. The summed E-state index contributed by atoms with van der Waals surface area (Å²) >= 11 is 0. The first kappa shape index (κ1) is 14.5. The number of esters is 1. The summed E-state index contributed by atoms with van der Waals surface area (Å²) in [6.07, 6.45) is 0.719. The van der Waals surface area contributed by atoms with Crippen molar-refractivity contribution >= 4 is 11.9 Å². The second kappa shape index (κ2) is 6.05. The molecule has 5 heteroatoms. The van der Waals surface area contributed by atoms with Crippen molar-refractivity contribution in [2.24, 2.45) is 0 Å². The molecule has 20 heavy (non-hydrogen) atoms. The molecular weight excluding hydrogens is 256 g/mol. The Labute approximate surface area is 118 Å². The van der Waals surface area contributed by atoms with Gasteiger partial charge in [0.15, 0.2) is 0 Å². The van der Waals surface area contributed by atoms with Crippen molar-refractivity contribution in [2.75, 3.05) is 14.1 Å². The number of benzene rings is 1. The number of carbonyl (C=O) groups excluding carboxylic acids is 2. The number of hydrogen-bond acceptors (Lipinski definition) is 4. The average Bonchev–Trinajstić information content (AvgIpc) is 2.78. The molecule has 1 N–H and O–H groups in total. The van der Waals surface area contributed by atoms with Crippen LogP contribution < -0.4 is 5.32 Å². The Morgan fingerprint density at radius 2 is 2.05 bits per heavy atom. The molecule has 1 aromatic rings. The highest BCUT2D eigenvalue weighted by Crippen LogP contribution is 2.20. The Morgan fingerprint density at radius 3 is 2.55 bits per heavy atom. The molecule has 1 aromatic carbocycles. The quantitative estimate of drug-likeness (QED) is 0.839. The molecule has 0 aromatic heterocycles. The third kappa shape index (κ3) is 3.17. The van der Waals surface area contributed by atoms with E-state index in [2.05, 4.69) is 5.32 Å². The van der Waals surface area contributed by atoms with Crippen LogP contribution in [0.4, 0.5) is 0 Å². The summed E-state index contributed by atoms with van der Waals surface area (Å²) in [7, 11) is 3.52. The molecule has 2 atom stereocenters. The lowest BCUT2D eigenvalue weighted by Gasteiger charge is -2.21. The maximum absolute atomic E-state index is 11.7. The normalized spacial score (nSPS) is 21.9. The fourth-order valence-electron chi connectivity index (χ4n) is 2.40. The minimum atomic E-state index is -0.177. The lowest BCUT2D eigenvalue weighted by molar-refractivity contribution is -0.144. The number of nitrogens with zero attached hydrogens (tertiary/aromatic N) is 1. The van der Waals surface area contributed by atoms with E-state index in [1.807, 2.05) is 31.0 Å². The standard InChI is InChI=1S/C15H20N2O3/c1-10-8-13(15(19)20-10)17(3)9-11-4-6-12(7-5-11)14(18)16-2/h4-7,10,13H,8-9H2,1-3H3,(H,16,18)/t10-,13+/m1/s1. The lowest BCUT2D eigenvalue weighted by Crippen LogP contribution is -2.34. The van der Waals surface area contributed by atoms with Crippen LogP contribution in [0.25, 0.3) is 0 Å². The molecule has 1 amide bonds. The van der Waals surface area contributed by atoms with E-state index in [1.54, 1.807) is 19.2 Å². The molecule has 108 valence electrons. The van der Waals surface area contributed by atoms with Gasteiger partial charge in [0.25, 0.3) is 5.91 Å². The lowest BCUT2D eigenvalue weighted by atomic mass is 10.1. The van der Waals surface area contributed by atoms with Crippen LogP contribution in [0, 0.1) is 0 Å². The topological polar surface area (TPSA) is 58.6 Å². The maximum atomic E-state index is 11.7. The number of likely N-dealkylation sites (N-methyl/N-ethyl adjacent to an activating group) is 1. The molecular formula is C15H20N2O3. The van der Waals surface area contributed by atoms with Crippen LogP contribution >= 0.6 is 0 Å². The first-order chi connectivity index (χ1) is 9.51. The largest absolute Gasteiger partial charge is 0.461 e. The molecule has 0 unspecified atom stereocenters. The number of cyclic esters (lactones) is 1. The zero-order chi connectivity index (χ0) is 14.7. The summed E-state index contributed by atoms with van der Waals surface area (Å²) in [6, 6.07) is 7.22. The van der Waals surface area contributed by atoms with Crippen LogP contribution in [0.15, 0.2) is 24.3 Å². The van der Waals surface area contributed by atoms with E-state index in [0.717, 1.165) is 12.0 Å². The summed E-state index contributed by atoms with van der Waals surface area (Å²) in [5.41, 5.74) is 1.69. The second-order valence-corrected chi connectivity index (χ2v) is 5.19. The molecule has 1 saturated heterocycles. The van der Waals surface area contributed by atoms with Crippen LogP contribution in [0.1, 0.15) is 29.3 Å². The number of amides is 1. The SMILES string of the molecule is CNC(=O)c1ccc(CN(C)[C@H]2C[C@@H](C)OC2=O)cc1. The minimum Gasteiger partial charge on any atom is -0.461 e. The monoisotopic (exact) mass is 276 g/mol. The van der Waals surface area contributed by atoms with Crippen LogP contribution in [0.3, 0.4) is 0 Å². The Hall–Kier alpha value is -1.88. The predicted octanol–water partition coefficient (Wildman–Crippen LogP) is 1.18. The highest BCUT2D eigenvalue weighted by atomic mass is 16.6. The van der Waals surface area contributed by atoms with Crippen molar-refractivity contribution < 1.29 is 14.3 Å². The van der Waals surface area contributed by atoms with Gasteiger partial charge in [0.2, 0.25) is 0 Å². The van der Waals surface area contributed by atoms with Gasteiger partial charge in [-0.3, -0.25) is 14.5 Å². The smallest absolute Gasteiger partial charge is 0.323 e. The number of hydrogen-bond donors (Lipinski definition) is 1. The zero-order valence-corrected chi connectivity index (χ0v) is 12.1. The highest BCUT2D eigenvalue weighted by Gasteiger charge is 2.34. The third-order valence-electron chi connectivity index (χ3n) is 3.55. The average molecular weight is 276 g/mol. The molecule has 0 bridgehead atoms. The summed E-state index contributed by atoms with van der Waals surface area (Å²) in [6.45, 7) is 2.56. The van der Waals surface area contributed by atoms with Crippen LogP contribution in [-0.2, 0) is 16.1 Å². The van der Waals surface area contributed by atoms with Crippen molar-refractivity contribution in [2.45, 2.75) is 32.0 Å². The van der Waals surface area contributed by atoms with Crippen molar-refractivity contribution in [3.63, 3.8) is 0 Å². The fourth-order valence-corrected chi connectivity index (χ4v) is 2.40. The van der Waals surface area contributed by atoms with E-state index < -0.39 is 0 Å². The fraction of sp³-hybridized carbons (Fsp3) is 0.467. The van der Waals surface area contributed by atoms with Gasteiger partial charge in [-0.25, -0.2) is 0 Å². The Balaban J connectivity index is 1.99. The number of carbonyl (C=O) groups is 2. The zero-order valence-electron chi connectivity index (χ0n) is 12.1. The van der Waals surface area contributed by atoms with Crippen molar-refractivity contribution in [1.29, 1.82) is 0 Å². The summed E-state index contributed by atoms with van der Waals surface area (Å²) in [4.78, 5) is 25.1. The van der Waals surface area contributed by atoms with Gasteiger partial charge in [0.1, 0.15) is 12.1 Å². The van der Waals surface area contributed by atoms with Gasteiger partial charge < -0.3 is 10.1 Å². The van der Waals surface area contributed by atoms with E-state index in [0.29, 0.717) is 12.1 Å². The Morgan fingerprint density at radius 1 is 1.40 bits per heavy atom. The molecule has 0 aliphatic carbocycles. The first-order valence-electron chi connectivity index (χ1n) is 6.73. The Kier molecular flexibility index (Phi) is 4.39. The number of nitrogens with one attached hydrogen (secondary N) is 1. The molecule has 1 aliphatic heterocycles. The van der Waals surface area contributed by atoms with Gasteiger partial charge in [-0.15, -0.1) is 0 Å².